The molecule has 0 spiro atoms. The van der Waals surface area contributed by atoms with E-state index in [0.717, 1.165) is 6.54 Å². The maximum Gasteiger partial charge on any atom is 0.0949 e. The van der Waals surface area contributed by atoms with Gasteiger partial charge in [-0.25, -0.2) is 4.98 Å². The molecule has 0 N–H and O–H groups in total. The first-order valence-electron chi connectivity index (χ1n) is 5.72. The second-order valence-electron chi connectivity index (χ2n) is 3.86. The van der Waals surface area contributed by atoms with Gasteiger partial charge in [-0.05, 0) is 18.1 Å². The molecule has 17 heavy (non-hydrogen) atoms. The Morgan fingerprint density at radius 1 is 1.18 bits per heavy atom. The van der Waals surface area contributed by atoms with Gasteiger partial charge in [0.2, 0.25) is 0 Å². The zero-order valence-electron chi connectivity index (χ0n) is 9.95. The van der Waals surface area contributed by atoms with Crippen LogP contribution in [0.1, 0.15) is 18.1 Å². The lowest BCUT2D eigenvalue weighted by atomic mass is 10.1. The quantitative estimate of drug-likeness (QED) is 0.726. The fourth-order valence-corrected chi connectivity index (χ4v) is 1.60. The van der Waals surface area contributed by atoms with Gasteiger partial charge in [0, 0.05) is 18.9 Å². The van der Waals surface area contributed by atoms with Crippen LogP contribution in [0.25, 0.3) is 6.08 Å². The molecule has 0 saturated carbocycles. The number of imidazole rings is 1. The number of rotatable bonds is 4. The van der Waals surface area contributed by atoms with E-state index < -0.39 is 0 Å². The zero-order chi connectivity index (χ0) is 11.9. The summed E-state index contributed by atoms with van der Waals surface area (Å²) in [6.45, 7) is 2.89. The maximum atomic E-state index is 4.03. The van der Waals surface area contributed by atoms with Gasteiger partial charge in [0.15, 0.2) is 0 Å². The van der Waals surface area contributed by atoms with E-state index in [9.17, 15) is 0 Å². The Kier molecular flexibility index (Phi) is 3.92. The first-order chi connectivity index (χ1) is 8.38. The van der Waals surface area contributed by atoms with Crippen molar-refractivity contribution < 1.29 is 0 Å². The molecule has 2 aromatic rings. The van der Waals surface area contributed by atoms with E-state index in [1.807, 2.05) is 37.7 Å². The molecule has 1 heterocycles. The summed E-state index contributed by atoms with van der Waals surface area (Å²) in [6, 6.07) is 8.56. The number of allylic oxidation sites excluding steroid dienone is 3. The highest BCUT2D eigenvalue weighted by Gasteiger charge is 1.94. The van der Waals surface area contributed by atoms with Gasteiger partial charge in [0.1, 0.15) is 0 Å². The van der Waals surface area contributed by atoms with E-state index in [4.69, 9.17) is 0 Å². The van der Waals surface area contributed by atoms with Crippen LogP contribution in [0, 0.1) is 0 Å². The highest BCUT2D eigenvalue weighted by molar-refractivity contribution is 5.51. The normalized spacial score (nSPS) is 11.6. The summed E-state index contributed by atoms with van der Waals surface area (Å²) in [6.07, 6.45) is 13.8. The molecule has 0 aliphatic heterocycles. The molecule has 1 aromatic carbocycles. The molecule has 0 bridgehead atoms. The highest BCUT2D eigenvalue weighted by Crippen LogP contribution is 2.08. The molecule has 0 saturated heterocycles. The highest BCUT2D eigenvalue weighted by atomic mass is 15.0. The molecule has 0 atom stereocenters. The Morgan fingerprint density at radius 3 is 2.65 bits per heavy atom. The molecule has 2 heteroatoms. The second kappa shape index (κ2) is 5.85. The third kappa shape index (κ3) is 3.45. The van der Waals surface area contributed by atoms with Crippen LogP contribution < -0.4 is 0 Å². The van der Waals surface area contributed by atoms with Crippen LogP contribution in [-0.2, 0) is 6.54 Å². The summed E-state index contributed by atoms with van der Waals surface area (Å²) < 4.78 is 2.06. The van der Waals surface area contributed by atoms with Crippen molar-refractivity contribution >= 4 is 6.08 Å². The third-order valence-electron chi connectivity index (χ3n) is 2.50. The Morgan fingerprint density at radius 2 is 2.00 bits per heavy atom. The van der Waals surface area contributed by atoms with E-state index in [2.05, 4.69) is 39.9 Å². The largest absolute Gasteiger partial charge is 0.333 e. The molecule has 0 aliphatic carbocycles. The molecule has 2 nitrogen and oxygen atoms in total. The second-order valence-corrected chi connectivity index (χ2v) is 3.86. The number of aromatic nitrogens is 2. The summed E-state index contributed by atoms with van der Waals surface area (Å²) in [5.74, 6) is 0. The Bertz CT molecular complexity index is 490. The lowest BCUT2D eigenvalue weighted by Gasteiger charge is -2.02. The standard InChI is InChI=1S/C15H16N2/c1-2-3-4-5-14-6-8-15(9-7-14)12-17-11-10-16-13-17/h2-11,13H,12H2,1H3/b3-2+,5-4+. The fraction of sp³-hybridized carbons (Fsp3) is 0.133. The monoisotopic (exact) mass is 224 g/mol. The molecule has 2 rings (SSSR count). The van der Waals surface area contributed by atoms with Gasteiger partial charge >= 0.3 is 0 Å². The molecule has 0 unspecified atom stereocenters. The van der Waals surface area contributed by atoms with Crippen molar-refractivity contribution in [1.82, 2.24) is 9.55 Å². The topological polar surface area (TPSA) is 17.8 Å². The molecule has 86 valence electrons. The Labute approximate surface area is 102 Å². The molecule has 0 aliphatic rings. The average molecular weight is 224 g/mol. The third-order valence-corrected chi connectivity index (χ3v) is 2.50. The van der Waals surface area contributed by atoms with E-state index in [1.54, 1.807) is 6.20 Å². The number of hydrogen-bond donors (Lipinski definition) is 0. The average Bonchev–Trinajstić information content (AvgIpc) is 2.85. The van der Waals surface area contributed by atoms with Gasteiger partial charge in [-0.1, -0.05) is 48.6 Å². The van der Waals surface area contributed by atoms with Gasteiger partial charge in [-0.15, -0.1) is 0 Å². The number of nitrogens with zero attached hydrogens (tertiary/aromatic N) is 2. The number of benzene rings is 1. The van der Waals surface area contributed by atoms with E-state index in [0.29, 0.717) is 0 Å². The van der Waals surface area contributed by atoms with Crippen molar-refractivity contribution in [2.75, 3.05) is 0 Å². The van der Waals surface area contributed by atoms with E-state index >= 15 is 0 Å². The SMILES string of the molecule is C/C=C/C=C/c1ccc(Cn2ccnc2)cc1. The summed E-state index contributed by atoms with van der Waals surface area (Å²) in [7, 11) is 0. The maximum absolute atomic E-state index is 4.03. The fourth-order valence-electron chi connectivity index (χ4n) is 1.60. The van der Waals surface area contributed by atoms with Crippen molar-refractivity contribution in [3.63, 3.8) is 0 Å². The smallest absolute Gasteiger partial charge is 0.0949 e. The first kappa shape index (κ1) is 11.4. The number of hydrogen-bond acceptors (Lipinski definition) is 1. The summed E-state index contributed by atoms with van der Waals surface area (Å²) in [5.41, 5.74) is 2.50. The minimum absolute atomic E-state index is 0.874. The Balaban J connectivity index is 2.03. The van der Waals surface area contributed by atoms with Crippen LogP contribution in [0.3, 0.4) is 0 Å². The van der Waals surface area contributed by atoms with Crippen LogP contribution in [0.5, 0.6) is 0 Å². The van der Waals surface area contributed by atoms with Crippen molar-refractivity contribution in [2.45, 2.75) is 13.5 Å². The molecule has 0 radical (unpaired) electrons. The van der Waals surface area contributed by atoms with Crippen LogP contribution in [0.15, 0.2) is 61.2 Å². The van der Waals surface area contributed by atoms with Gasteiger partial charge in [0.25, 0.3) is 0 Å². The molecule has 1 aromatic heterocycles. The molecular weight excluding hydrogens is 208 g/mol. The van der Waals surface area contributed by atoms with Crippen molar-refractivity contribution in [1.29, 1.82) is 0 Å². The van der Waals surface area contributed by atoms with Crippen molar-refractivity contribution in [3.05, 3.63) is 72.3 Å². The van der Waals surface area contributed by atoms with Gasteiger partial charge in [-0.2, -0.15) is 0 Å². The van der Waals surface area contributed by atoms with Crippen LogP contribution >= 0.6 is 0 Å². The minimum atomic E-state index is 0.874. The van der Waals surface area contributed by atoms with Crippen LogP contribution in [-0.4, -0.2) is 9.55 Å². The predicted octanol–water partition coefficient (Wildman–Crippen LogP) is 3.52. The van der Waals surface area contributed by atoms with Gasteiger partial charge in [0.05, 0.1) is 6.33 Å². The van der Waals surface area contributed by atoms with E-state index in [-0.39, 0.29) is 0 Å². The van der Waals surface area contributed by atoms with Crippen molar-refractivity contribution in [3.8, 4) is 0 Å². The van der Waals surface area contributed by atoms with Crippen LogP contribution in [0.2, 0.25) is 0 Å². The lowest BCUT2D eigenvalue weighted by molar-refractivity contribution is 0.797. The minimum Gasteiger partial charge on any atom is -0.333 e. The summed E-state index contributed by atoms with van der Waals surface area (Å²) >= 11 is 0. The van der Waals surface area contributed by atoms with Gasteiger partial charge in [-0.3, -0.25) is 0 Å². The predicted molar refractivity (Wildman–Crippen MR) is 71.6 cm³/mol. The Hall–Kier alpha value is -2.09. The molecule has 0 amide bonds. The molecular formula is C15H16N2. The lowest BCUT2D eigenvalue weighted by Crippen LogP contribution is -1.95. The van der Waals surface area contributed by atoms with Gasteiger partial charge < -0.3 is 4.57 Å². The van der Waals surface area contributed by atoms with Crippen LogP contribution in [0.4, 0.5) is 0 Å². The van der Waals surface area contributed by atoms with E-state index in [1.165, 1.54) is 11.1 Å². The first-order valence-corrected chi connectivity index (χ1v) is 5.72. The summed E-state index contributed by atoms with van der Waals surface area (Å²) in [4.78, 5) is 4.03. The molecule has 0 fully saturated rings. The van der Waals surface area contributed by atoms with Crippen molar-refractivity contribution in [2.24, 2.45) is 0 Å². The zero-order valence-corrected chi connectivity index (χ0v) is 9.95. The summed E-state index contributed by atoms with van der Waals surface area (Å²) in [5, 5.41) is 0.